The van der Waals surface area contributed by atoms with Crippen LogP contribution in [-0.4, -0.2) is 11.0 Å². The highest BCUT2D eigenvalue weighted by atomic mass is 35.5. The van der Waals surface area contributed by atoms with E-state index in [1.54, 1.807) is 24.4 Å². The molecule has 2 rings (SSSR count). The Hall–Kier alpha value is -2.07. The monoisotopic (exact) mass is 276 g/mol. The molecule has 0 unspecified atom stereocenters. The van der Waals surface area contributed by atoms with Gasteiger partial charge in [-0.25, -0.2) is 4.79 Å². The zero-order valence-corrected chi connectivity index (χ0v) is 11.1. The summed E-state index contributed by atoms with van der Waals surface area (Å²) >= 11 is 5.93. The van der Waals surface area contributed by atoms with Crippen molar-refractivity contribution in [1.29, 1.82) is 0 Å². The number of rotatable bonds is 3. The van der Waals surface area contributed by atoms with Gasteiger partial charge in [0.1, 0.15) is 6.61 Å². The lowest BCUT2D eigenvalue weighted by atomic mass is 10.1. The van der Waals surface area contributed by atoms with Gasteiger partial charge in [0.2, 0.25) is 0 Å². The number of anilines is 1. The first-order valence-corrected chi connectivity index (χ1v) is 6.07. The Morgan fingerprint density at radius 2 is 2.21 bits per heavy atom. The van der Waals surface area contributed by atoms with Crippen molar-refractivity contribution in [3.8, 4) is 0 Å². The van der Waals surface area contributed by atoms with E-state index in [0.29, 0.717) is 21.8 Å². The van der Waals surface area contributed by atoms with E-state index in [2.05, 4.69) is 4.98 Å². The summed E-state index contributed by atoms with van der Waals surface area (Å²) in [5.41, 5.74) is 8.17. The second-order valence-electron chi connectivity index (χ2n) is 4.13. The second-order valence-corrected chi connectivity index (χ2v) is 4.54. The van der Waals surface area contributed by atoms with Gasteiger partial charge in [0.15, 0.2) is 0 Å². The number of carbonyl (C=O) groups is 1. The van der Waals surface area contributed by atoms with Gasteiger partial charge in [-0.15, -0.1) is 0 Å². The molecule has 0 fully saturated rings. The summed E-state index contributed by atoms with van der Waals surface area (Å²) in [5.74, 6) is -0.464. The standard InChI is InChI=1S/C14H13ClN2O2/c1-9-2-3-13(16)11(6-9)14(18)19-8-10-4-5-17-7-12(10)15/h2-7H,8,16H2,1H3. The summed E-state index contributed by atoms with van der Waals surface area (Å²) in [5, 5.41) is 0.465. The topological polar surface area (TPSA) is 65.2 Å². The number of carbonyl (C=O) groups excluding carboxylic acids is 1. The summed E-state index contributed by atoms with van der Waals surface area (Å²) in [4.78, 5) is 15.8. The highest BCUT2D eigenvalue weighted by molar-refractivity contribution is 6.31. The Morgan fingerprint density at radius 3 is 2.95 bits per heavy atom. The van der Waals surface area contributed by atoms with Crippen molar-refractivity contribution in [1.82, 2.24) is 4.98 Å². The number of pyridine rings is 1. The van der Waals surface area contributed by atoms with Crippen LogP contribution in [0, 0.1) is 6.92 Å². The molecule has 0 spiro atoms. The second kappa shape index (κ2) is 5.71. The molecule has 1 aromatic heterocycles. The minimum Gasteiger partial charge on any atom is -0.457 e. The number of esters is 1. The number of nitrogens with zero attached hydrogens (tertiary/aromatic N) is 1. The lowest BCUT2D eigenvalue weighted by Gasteiger charge is -2.08. The molecule has 2 aromatic rings. The van der Waals surface area contributed by atoms with Crippen LogP contribution in [0.25, 0.3) is 0 Å². The van der Waals surface area contributed by atoms with Crippen LogP contribution >= 0.6 is 11.6 Å². The smallest absolute Gasteiger partial charge is 0.340 e. The molecule has 0 saturated heterocycles. The molecule has 4 nitrogen and oxygen atoms in total. The predicted octanol–water partition coefficient (Wildman–Crippen LogP) is 2.98. The Kier molecular flexibility index (Phi) is 4.02. The minimum atomic E-state index is -0.464. The molecule has 0 aliphatic carbocycles. The Bertz CT molecular complexity index is 614. The van der Waals surface area contributed by atoms with Gasteiger partial charge in [-0.2, -0.15) is 0 Å². The van der Waals surface area contributed by atoms with E-state index in [1.165, 1.54) is 6.20 Å². The minimum absolute atomic E-state index is 0.0908. The van der Waals surface area contributed by atoms with Crippen molar-refractivity contribution in [2.75, 3.05) is 5.73 Å². The van der Waals surface area contributed by atoms with Crippen molar-refractivity contribution < 1.29 is 9.53 Å². The molecule has 0 aliphatic rings. The molecule has 0 aliphatic heterocycles. The van der Waals surface area contributed by atoms with E-state index in [4.69, 9.17) is 22.1 Å². The van der Waals surface area contributed by atoms with Gasteiger partial charge in [-0.1, -0.05) is 23.2 Å². The highest BCUT2D eigenvalue weighted by Crippen LogP contribution is 2.18. The normalized spacial score (nSPS) is 10.2. The van der Waals surface area contributed by atoms with Gasteiger partial charge < -0.3 is 10.5 Å². The van der Waals surface area contributed by atoms with Gasteiger partial charge in [-0.05, 0) is 25.1 Å². The summed E-state index contributed by atoms with van der Waals surface area (Å²) in [6.45, 7) is 1.98. The van der Waals surface area contributed by atoms with Gasteiger partial charge in [0, 0.05) is 23.6 Å². The molecule has 0 atom stereocenters. The van der Waals surface area contributed by atoms with Crippen LogP contribution in [0.2, 0.25) is 5.02 Å². The number of aryl methyl sites for hydroxylation is 1. The first-order valence-electron chi connectivity index (χ1n) is 5.69. The van der Waals surface area contributed by atoms with Crippen molar-refractivity contribution in [2.24, 2.45) is 0 Å². The Balaban J connectivity index is 2.10. The molecular formula is C14H13ClN2O2. The highest BCUT2D eigenvalue weighted by Gasteiger charge is 2.12. The van der Waals surface area contributed by atoms with Crippen molar-refractivity contribution in [3.63, 3.8) is 0 Å². The summed E-state index contributed by atoms with van der Waals surface area (Å²) in [7, 11) is 0. The quantitative estimate of drug-likeness (QED) is 0.691. The van der Waals surface area contributed by atoms with E-state index in [1.807, 2.05) is 13.0 Å². The first kappa shape index (κ1) is 13.4. The lowest BCUT2D eigenvalue weighted by Crippen LogP contribution is -2.08. The van der Waals surface area contributed by atoms with E-state index < -0.39 is 5.97 Å². The molecule has 98 valence electrons. The number of nitrogens with two attached hydrogens (primary N) is 1. The third kappa shape index (κ3) is 3.23. The fraction of sp³-hybridized carbons (Fsp3) is 0.143. The Labute approximate surface area is 116 Å². The first-order chi connectivity index (χ1) is 9.08. The van der Waals surface area contributed by atoms with Crippen LogP contribution < -0.4 is 5.73 Å². The largest absolute Gasteiger partial charge is 0.457 e. The zero-order chi connectivity index (χ0) is 13.8. The molecule has 2 N–H and O–H groups in total. The van der Waals surface area contributed by atoms with Gasteiger partial charge in [0.05, 0.1) is 10.6 Å². The van der Waals surface area contributed by atoms with Crippen LogP contribution in [0.3, 0.4) is 0 Å². The lowest BCUT2D eigenvalue weighted by molar-refractivity contribution is 0.0474. The average molecular weight is 277 g/mol. The number of benzene rings is 1. The molecule has 0 radical (unpaired) electrons. The number of aromatic nitrogens is 1. The van der Waals surface area contributed by atoms with E-state index in [-0.39, 0.29) is 6.61 Å². The molecule has 1 aromatic carbocycles. The maximum atomic E-state index is 11.9. The summed E-state index contributed by atoms with van der Waals surface area (Å²) in [6, 6.07) is 6.93. The molecule has 1 heterocycles. The van der Waals surface area contributed by atoms with E-state index in [0.717, 1.165) is 5.56 Å². The predicted molar refractivity (Wildman–Crippen MR) is 74.0 cm³/mol. The fourth-order valence-electron chi connectivity index (χ4n) is 1.59. The molecule has 0 saturated carbocycles. The number of hydrogen-bond donors (Lipinski definition) is 1. The maximum absolute atomic E-state index is 11.9. The van der Waals surface area contributed by atoms with Gasteiger partial charge in [0.25, 0.3) is 0 Å². The number of halogens is 1. The molecule has 0 bridgehead atoms. The van der Waals surface area contributed by atoms with Crippen molar-refractivity contribution in [2.45, 2.75) is 13.5 Å². The van der Waals surface area contributed by atoms with Gasteiger partial charge >= 0.3 is 5.97 Å². The zero-order valence-electron chi connectivity index (χ0n) is 10.4. The fourth-order valence-corrected chi connectivity index (χ4v) is 1.76. The summed E-state index contributed by atoms with van der Waals surface area (Å²) < 4.78 is 5.20. The van der Waals surface area contributed by atoms with Gasteiger partial charge in [-0.3, -0.25) is 4.98 Å². The number of nitrogen functional groups attached to an aromatic ring is 1. The number of hydrogen-bond acceptors (Lipinski definition) is 4. The maximum Gasteiger partial charge on any atom is 0.340 e. The van der Waals surface area contributed by atoms with E-state index in [9.17, 15) is 4.79 Å². The molecule has 5 heteroatoms. The molecule has 0 amide bonds. The van der Waals surface area contributed by atoms with Crippen LogP contribution in [0.1, 0.15) is 21.5 Å². The molecule has 19 heavy (non-hydrogen) atoms. The van der Waals surface area contributed by atoms with Crippen molar-refractivity contribution in [3.05, 3.63) is 58.4 Å². The third-order valence-electron chi connectivity index (χ3n) is 2.64. The molecular weight excluding hydrogens is 264 g/mol. The van der Waals surface area contributed by atoms with E-state index >= 15 is 0 Å². The third-order valence-corrected chi connectivity index (χ3v) is 2.98. The summed E-state index contributed by atoms with van der Waals surface area (Å²) in [6.07, 6.45) is 3.10. The SMILES string of the molecule is Cc1ccc(N)c(C(=O)OCc2ccncc2Cl)c1. The van der Waals surface area contributed by atoms with Crippen LogP contribution in [0.5, 0.6) is 0 Å². The number of ether oxygens (including phenoxy) is 1. The van der Waals surface area contributed by atoms with Crippen LogP contribution in [-0.2, 0) is 11.3 Å². The Morgan fingerprint density at radius 1 is 1.42 bits per heavy atom. The van der Waals surface area contributed by atoms with Crippen molar-refractivity contribution >= 4 is 23.3 Å². The average Bonchev–Trinajstić information content (AvgIpc) is 2.40. The van der Waals surface area contributed by atoms with Crippen LogP contribution in [0.4, 0.5) is 5.69 Å². The van der Waals surface area contributed by atoms with Crippen LogP contribution in [0.15, 0.2) is 36.7 Å².